The third-order valence-electron chi connectivity index (χ3n) is 2.82. The third kappa shape index (κ3) is 2.63. The van der Waals surface area contributed by atoms with Crippen LogP contribution in [0.1, 0.15) is 26.7 Å². The monoisotopic (exact) mass is 229 g/mol. The van der Waals surface area contributed by atoms with Crippen molar-refractivity contribution in [3.63, 3.8) is 0 Å². The molecule has 0 aromatic rings. The summed E-state index contributed by atoms with van der Waals surface area (Å²) in [6.07, 6.45) is 1.61. The zero-order valence-corrected chi connectivity index (χ0v) is 9.77. The summed E-state index contributed by atoms with van der Waals surface area (Å²) in [5.74, 6) is -0.0732. The van der Waals surface area contributed by atoms with Crippen molar-refractivity contribution in [1.29, 1.82) is 0 Å². The zero-order chi connectivity index (χ0) is 12.2. The van der Waals surface area contributed by atoms with E-state index < -0.39 is 5.60 Å². The van der Waals surface area contributed by atoms with E-state index in [0.29, 0.717) is 13.2 Å². The molecule has 1 fully saturated rings. The molecule has 16 heavy (non-hydrogen) atoms. The Bertz CT molecular complexity index is 285. The maximum absolute atomic E-state index is 12.2. The lowest BCUT2D eigenvalue weighted by atomic mass is 10.0. The predicted octanol–water partition coefficient (Wildman–Crippen LogP) is 0.150. The first kappa shape index (κ1) is 12.8. The van der Waals surface area contributed by atoms with Gasteiger partial charge in [-0.25, -0.2) is 0 Å². The number of amides is 1. The summed E-state index contributed by atoms with van der Waals surface area (Å²) < 4.78 is 5.47. The first-order chi connectivity index (χ1) is 7.53. The van der Waals surface area contributed by atoms with Crippen LogP contribution in [0.4, 0.5) is 0 Å². The van der Waals surface area contributed by atoms with Gasteiger partial charge < -0.3 is 20.6 Å². The summed E-state index contributed by atoms with van der Waals surface area (Å²) in [5, 5.41) is 11.4. The second-order valence-electron chi connectivity index (χ2n) is 4.09. The maximum Gasteiger partial charge on any atom is 0.254 e. The van der Waals surface area contributed by atoms with Crippen LogP contribution in [0.15, 0.2) is 5.16 Å². The molecular formula is C10H19N3O3. The maximum atomic E-state index is 12.2. The molecule has 1 unspecified atom stereocenters. The smallest absolute Gasteiger partial charge is 0.254 e. The molecule has 92 valence electrons. The van der Waals surface area contributed by atoms with Crippen LogP contribution in [0.25, 0.3) is 0 Å². The lowest BCUT2D eigenvalue weighted by Crippen LogP contribution is -2.49. The quantitative estimate of drug-likeness (QED) is 0.311. The number of hydrogen-bond donors (Lipinski definition) is 2. The molecule has 0 saturated carbocycles. The SMILES string of the molecule is CCN(CC(N)=NO)C(=O)C1(C)CCCO1. The van der Waals surface area contributed by atoms with E-state index in [1.165, 1.54) is 4.90 Å². The number of amidine groups is 1. The number of ether oxygens (including phenoxy) is 1. The Morgan fingerprint density at radius 1 is 1.69 bits per heavy atom. The van der Waals surface area contributed by atoms with Crippen molar-refractivity contribution in [1.82, 2.24) is 4.90 Å². The fourth-order valence-corrected chi connectivity index (χ4v) is 1.84. The van der Waals surface area contributed by atoms with Crippen LogP contribution in [0.3, 0.4) is 0 Å². The van der Waals surface area contributed by atoms with Gasteiger partial charge in [-0.1, -0.05) is 5.16 Å². The van der Waals surface area contributed by atoms with E-state index in [1.807, 2.05) is 6.92 Å². The largest absolute Gasteiger partial charge is 0.409 e. The second kappa shape index (κ2) is 5.16. The van der Waals surface area contributed by atoms with Gasteiger partial charge in [0.2, 0.25) is 0 Å². The summed E-state index contributed by atoms with van der Waals surface area (Å²) in [7, 11) is 0. The van der Waals surface area contributed by atoms with Gasteiger partial charge in [-0.2, -0.15) is 0 Å². The molecule has 1 saturated heterocycles. The molecule has 1 aliphatic heterocycles. The minimum atomic E-state index is -0.744. The molecule has 1 atom stereocenters. The van der Waals surface area contributed by atoms with Crippen molar-refractivity contribution in [2.75, 3.05) is 19.7 Å². The number of nitrogens with zero attached hydrogens (tertiary/aromatic N) is 2. The number of oxime groups is 1. The standard InChI is InChI=1S/C10H19N3O3/c1-3-13(7-8(11)12-15)9(14)10(2)5-4-6-16-10/h15H,3-7H2,1-2H3,(H2,11,12). The molecule has 0 aromatic heterocycles. The average molecular weight is 229 g/mol. The van der Waals surface area contributed by atoms with E-state index in [4.69, 9.17) is 15.7 Å². The Labute approximate surface area is 95.0 Å². The zero-order valence-electron chi connectivity index (χ0n) is 9.77. The number of carbonyl (C=O) groups is 1. The first-order valence-corrected chi connectivity index (χ1v) is 5.43. The normalized spacial score (nSPS) is 25.8. The molecule has 0 spiro atoms. The van der Waals surface area contributed by atoms with Gasteiger partial charge in [0, 0.05) is 13.2 Å². The molecule has 1 heterocycles. The highest BCUT2D eigenvalue weighted by molar-refractivity contribution is 5.90. The fraction of sp³-hybridized carbons (Fsp3) is 0.800. The average Bonchev–Trinajstić information content (AvgIpc) is 2.73. The van der Waals surface area contributed by atoms with Crippen molar-refractivity contribution in [2.24, 2.45) is 10.9 Å². The lowest BCUT2D eigenvalue weighted by Gasteiger charge is -2.29. The number of carbonyl (C=O) groups excluding carboxylic acids is 1. The van der Waals surface area contributed by atoms with Crippen LogP contribution in [0, 0.1) is 0 Å². The minimum Gasteiger partial charge on any atom is -0.409 e. The highest BCUT2D eigenvalue weighted by atomic mass is 16.5. The summed E-state index contributed by atoms with van der Waals surface area (Å²) in [4.78, 5) is 13.7. The first-order valence-electron chi connectivity index (χ1n) is 5.43. The predicted molar refractivity (Wildman–Crippen MR) is 59.3 cm³/mol. The van der Waals surface area contributed by atoms with E-state index in [1.54, 1.807) is 6.92 Å². The van der Waals surface area contributed by atoms with E-state index >= 15 is 0 Å². The number of rotatable bonds is 4. The van der Waals surface area contributed by atoms with Crippen LogP contribution in [-0.2, 0) is 9.53 Å². The van der Waals surface area contributed by atoms with Gasteiger partial charge in [0.1, 0.15) is 5.60 Å². The molecule has 6 nitrogen and oxygen atoms in total. The Morgan fingerprint density at radius 2 is 2.38 bits per heavy atom. The van der Waals surface area contributed by atoms with E-state index in [0.717, 1.165) is 12.8 Å². The van der Waals surface area contributed by atoms with Gasteiger partial charge in [0.15, 0.2) is 5.84 Å². The molecular weight excluding hydrogens is 210 g/mol. The van der Waals surface area contributed by atoms with Gasteiger partial charge in [-0.05, 0) is 26.7 Å². The Kier molecular flexibility index (Phi) is 4.12. The number of nitrogens with two attached hydrogens (primary N) is 1. The van der Waals surface area contributed by atoms with Crippen molar-refractivity contribution < 1.29 is 14.7 Å². The second-order valence-corrected chi connectivity index (χ2v) is 4.09. The minimum absolute atomic E-state index is 0.0248. The molecule has 1 amide bonds. The van der Waals surface area contributed by atoms with Gasteiger partial charge in [-0.15, -0.1) is 0 Å². The number of likely N-dealkylation sites (N-methyl/N-ethyl adjacent to an activating group) is 1. The molecule has 0 bridgehead atoms. The van der Waals surface area contributed by atoms with Crippen molar-refractivity contribution in [3.05, 3.63) is 0 Å². The van der Waals surface area contributed by atoms with Crippen LogP contribution >= 0.6 is 0 Å². The van der Waals surface area contributed by atoms with Gasteiger partial charge in [0.25, 0.3) is 5.91 Å². The van der Waals surface area contributed by atoms with Crippen molar-refractivity contribution in [2.45, 2.75) is 32.3 Å². The Hall–Kier alpha value is -1.30. The van der Waals surface area contributed by atoms with Crippen molar-refractivity contribution in [3.8, 4) is 0 Å². The van der Waals surface area contributed by atoms with Gasteiger partial charge >= 0.3 is 0 Å². The highest BCUT2D eigenvalue weighted by Crippen LogP contribution is 2.27. The molecule has 6 heteroatoms. The molecule has 1 aliphatic rings. The summed E-state index contributed by atoms with van der Waals surface area (Å²) >= 11 is 0. The topological polar surface area (TPSA) is 88.1 Å². The summed E-state index contributed by atoms with van der Waals surface area (Å²) in [5.41, 5.74) is 4.65. The van der Waals surface area contributed by atoms with Crippen LogP contribution < -0.4 is 5.73 Å². The molecule has 3 N–H and O–H groups in total. The Balaban J connectivity index is 2.69. The lowest BCUT2D eigenvalue weighted by molar-refractivity contribution is -0.150. The Morgan fingerprint density at radius 3 is 2.81 bits per heavy atom. The van der Waals surface area contributed by atoms with Gasteiger partial charge in [0.05, 0.1) is 6.54 Å². The van der Waals surface area contributed by atoms with Crippen LogP contribution in [-0.4, -0.2) is 47.1 Å². The van der Waals surface area contributed by atoms with Crippen LogP contribution in [0.2, 0.25) is 0 Å². The molecule has 0 aliphatic carbocycles. The van der Waals surface area contributed by atoms with E-state index in [2.05, 4.69) is 5.16 Å². The van der Waals surface area contributed by atoms with Crippen LogP contribution in [0.5, 0.6) is 0 Å². The molecule has 0 aromatic carbocycles. The molecule has 0 radical (unpaired) electrons. The van der Waals surface area contributed by atoms with Gasteiger partial charge in [-0.3, -0.25) is 4.79 Å². The fourth-order valence-electron chi connectivity index (χ4n) is 1.84. The van der Waals surface area contributed by atoms with E-state index in [9.17, 15) is 4.79 Å². The highest BCUT2D eigenvalue weighted by Gasteiger charge is 2.40. The van der Waals surface area contributed by atoms with Crippen molar-refractivity contribution >= 4 is 11.7 Å². The molecule has 1 rings (SSSR count). The summed E-state index contributed by atoms with van der Waals surface area (Å²) in [6.45, 7) is 4.89. The summed E-state index contributed by atoms with van der Waals surface area (Å²) in [6, 6.07) is 0. The third-order valence-corrected chi connectivity index (χ3v) is 2.82. The number of hydrogen-bond acceptors (Lipinski definition) is 4. The van der Waals surface area contributed by atoms with E-state index in [-0.39, 0.29) is 18.3 Å².